The van der Waals surface area contributed by atoms with Crippen LogP contribution in [0.15, 0.2) is 29.2 Å². The molecule has 1 saturated heterocycles. The predicted molar refractivity (Wildman–Crippen MR) is 97.7 cm³/mol. The highest BCUT2D eigenvalue weighted by Crippen LogP contribution is 2.25. The van der Waals surface area contributed by atoms with Crippen molar-refractivity contribution in [3.05, 3.63) is 29.8 Å². The minimum Gasteiger partial charge on any atom is -0.353 e. The van der Waals surface area contributed by atoms with Gasteiger partial charge in [-0.3, -0.25) is 4.79 Å². The van der Waals surface area contributed by atoms with E-state index in [1.807, 2.05) is 19.1 Å². The van der Waals surface area contributed by atoms with Crippen LogP contribution in [0.3, 0.4) is 0 Å². The quantitative estimate of drug-likeness (QED) is 0.893. The SMILES string of the molecule is Cc1ccc(S(=O)(=O)N2CCCC(C(=O)NC3CCCCC3)C2)cc1. The molecule has 138 valence electrons. The van der Waals surface area contributed by atoms with E-state index in [0.29, 0.717) is 11.4 Å². The number of sulfonamides is 1. The van der Waals surface area contributed by atoms with Crippen molar-refractivity contribution in [2.45, 2.75) is 62.8 Å². The number of benzene rings is 1. The van der Waals surface area contributed by atoms with Crippen LogP contribution in [0.4, 0.5) is 0 Å². The van der Waals surface area contributed by atoms with Gasteiger partial charge in [0.1, 0.15) is 0 Å². The van der Waals surface area contributed by atoms with Crippen LogP contribution in [0, 0.1) is 12.8 Å². The highest BCUT2D eigenvalue weighted by Gasteiger charge is 2.33. The molecule has 1 atom stereocenters. The van der Waals surface area contributed by atoms with Gasteiger partial charge in [0, 0.05) is 19.1 Å². The fraction of sp³-hybridized carbons (Fsp3) is 0.632. The molecule has 25 heavy (non-hydrogen) atoms. The molecule has 0 spiro atoms. The van der Waals surface area contributed by atoms with Crippen LogP contribution in [0.1, 0.15) is 50.5 Å². The molecule has 0 radical (unpaired) electrons. The number of carbonyl (C=O) groups excluding carboxylic acids is 1. The number of amides is 1. The van der Waals surface area contributed by atoms with E-state index in [1.165, 1.54) is 23.6 Å². The van der Waals surface area contributed by atoms with E-state index in [9.17, 15) is 13.2 Å². The molecule has 2 aliphatic rings. The second kappa shape index (κ2) is 7.87. The lowest BCUT2D eigenvalue weighted by Gasteiger charge is -2.32. The molecular weight excluding hydrogens is 336 g/mol. The molecule has 1 heterocycles. The van der Waals surface area contributed by atoms with Gasteiger partial charge in [-0.25, -0.2) is 8.42 Å². The molecule has 5 nitrogen and oxygen atoms in total. The van der Waals surface area contributed by atoms with Gasteiger partial charge in [-0.2, -0.15) is 4.31 Å². The Morgan fingerprint density at radius 2 is 1.72 bits per heavy atom. The number of piperidine rings is 1. The van der Waals surface area contributed by atoms with E-state index in [-0.39, 0.29) is 24.4 Å². The van der Waals surface area contributed by atoms with Crippen molar-refractivity contribution in [2.75, 3.05) is 13.1 Å². The Hall–Kier alpha value is -1.40. The van der Waals surface area contributed by atoms with Gasteiger partial charge in [0.15, 0.2) is 0 Å². The van der Waals surface area contributed by atoms with Gasteiger partial charge in [-0.1, -0.05) is 37.0 Å². The lowest BCUT2D eigenvalue weighted by Crippen LogP contribution is -2.47. The second-order valence-electron chi connectivity index (χ2n) is 7.36. The Labute approximate surface area is 150 Å². The van der Waals surface area contributed by atoms with Gasteiger partial charge in [0.2, 0.25) is 15.9 Å². The minimum atomic E-state index is -3.52. The van der Waals surface area contributed by atoms with E-state index in [0.717, 1.165) is 31.2 Å². The van der Waals surface area contributed by atoms with Crippen LogP contribution in [-0.2, 0) is 14.8 Å². The molecule has 1 aromatic carbocycles. The zero-order valence-corrected chi connectivity index (χ0v) is 15.7. The van der Waals surface area contributed by atoms with Gasteiger partial charge in [0.25, 0.3) is 0 Å². The Morgan fingerprint density at radius 3 is 2.40 bits per heavy atom. The molecule has 0 aromatic heterocycles. The number of nitrogens with one attached hydrogen (secondary N) is 1. The number of nitrogens with zero attached hydrogens (tertiary/aromatic N) is 1. The molecule has 1 unspecified atom stereocenters. The molecule has 1 amide bonds. The molecular formula is C19H28N2O3S. The van der Waals surface area contributed by atoms with Gasteiger partial charge < -0.3 is 5.32 Å². The van der Waals surface area contributed by atoms with Crippen LogP contribution in [0.5, 0.6) is 0 Å². The maximum absolute atomic E-state index is 12.9. The zero-order chi connectivity index (χ0) is 17.9. The Balaban J connectivity index is 1.65. The smallest absolute Gasteiger partial charge is 0.243 e. The highest BCUT2D eigenvalue weighted by atomic mass is 32.2. The number of hydrogen-bond acceptors (Lipinski definition) is 3. The number of carbonyl (C=O) groups is 1. The Morgan fingerprint density at radius 1 is 1.04 bits per heavy atom. The van der Waals surface area contributed by atoms with Crippen LogP contribution in [-0.4, -0.2) is 37.8 Å². The monoisotopic (exact) mass is 364 g/mol. The minimum absolute atomic E-state index is 0.0238. The van der Waals surface area contributed by atoms with Gasteiger partial charge in [-0.15, -0.1) is 0 Å². The largest absolute Gasteiger partial charge is 0.353 e. The average molecular weight is 365 g/mol. The second-order valence-corrected chi connectivity index (χ2v) is 9.30. The number of rotatable bonds is 4. The molecule has 1 aliphatic heterocycles. The van der Waals surface area contributed by atoms with Crippen molar-refractivity contribution in [3.63, 3.8) is 0 Å². The van der Waals surface area contributed by atoms with E-state index < -0.39 is 10.0 Å². The Bertz CT molecular complexity index is 694. The third-order valence-corrected chi connectivity index (χ3v) is 7.24. The van der Waals surface area contributed by atoms with Crippen LogP contribution < -0.4 is 5.32 Å². The number of aryl methyl sites for hydroxylation is 1. The van der Waals surface area contributed by atoms with Crippen molar-refractivity contribution < 1.29 is 13.2 Å². The molecule has 2 fully saturated rings. The van der Waals surface area contributed by atoms with E-state index in [1.54, 1.807) is 12.1 Å². The summed E-state index contributed by atoms with van der Waals surface area (Å²) in [7, 11) is -3.52. The third kappa shape index (κ3) is 4.42. The molecule has 1 aromatic rings. The first-order valence-corrected chi connectivity index (χ1v) is 10.8. The van der Waals surface area contributed by atoms with Crippen molar-refractivity contribution in [3.8, 4) is 0 Å². The summed E-state index contributed by atoms with van der Waals surface area (Å²) in [6.07, 6.45) is 7.17. The highest BCUT2D eigenvalue weighted by molar-refractivity contribution is 7.89. The van der Waals surface area contributed by atoms with Crippen molar-refractivity contribution in [1.82, 2.24) is 9.62 Å². The fourth-order valence-corrected chi connectivity index (χ4v) is 5.32. The molecule has 1 aliphatic carbocycles. The van der Waals surface area contributed by atoms with Crippen LogP contribution in [0.2, 0.25) is 0 Å². The first kappa shape index (κ1) is 18.4. The topological polar surface area (TPSA) is 66.5 Å². The van der Waals surface area contributed by atoms with Gasteiger partial charge in [-0.05, 0) is 44.7 Å². The Kier molecular flexibility index (Phi) is 5.79. The van der Waals surface area contributed by atoms with Crippen LogP contribution in [0.25, 0.3) is 0 Å². The van der Waals surface area contributed by atoms with E-state index in [2.05, 4.69) is 5.32 Å². The summed E-state index contributed by atoms with van der Waals surface area (Å²) >= 11 is 0. The van der Waals surface area contributed by atoms with Crippen molar-refractivity contribution in [1.29, 1.82) is 0 Å². The molecule has 3 rings (SSSR count). The van der Waals surface area contributed by atoms with Crippen LogP contribution >= 0.6 is 0 Å². The maximum Gasteiger partial charge on any atom is 0.243 e. The lowest BCUT2D eigenvalue weighted by atomic mass is 9.93. The summed E-state index contributed by atoms with van der Waals surface area (Å²) in [5.41, 5.74) is 1.03. The molecule has 1 saturated carbocycles. The first-order chi connectivity index (χ1) is 12.0. The van der Waals surface area contributed by atoms with Crippen molar-refractivity contribution in [2.24, 2.45) is 5.92 Å². The van der Waals surface area contributed by atoms with Gasteiger partial charge >= 0.3 is 0 Å². The summed E-state index contributed by atoms with van der Waals surface area (Å²) in [5, 5.41) is 3.15. The van der Waals surface area contributed by atoms with Gasteiger partial charge in [0.05, 0.1) is 10.8 Å². The summed E-state index contributed by atoms with van der Waals surface area (Å²) in [4.78, 5) is 12.9. The lowest BCUT2D eigenvalue weighted by molar-refractivity contribution is -0.127. The fourth-order valence-electron chi connectivity index (χ4n) is 3.80. The average Bonchev–Trinajstić information content (AvgIpc) is 2.63. The zero-order valence-electron chi connectivity index (χ0n) is 14.9. The van der Waals surface area contributed by atoms with Crippen molar-refractivity contribution >= 4 is 15.9 Å². The van der Waals surface area contributed by atoms with E-state index in [4.69, 9.17) is 0 Å². The standard InChI is InChI=1S/C19H28N2O3S/c1-15-9-11-18(12-10-15)25(23,24)21-13-5-6-16(14-21)19(22)20-17-7-3-2-4-8-17/h9-12,16-17H,2-8,13-14H2,1H3,(H,20,22). The number of hydrogen-bond donors (Lipinski definition) is 1. The molecule has 1 N–H and O–H groups in total. The summed E-state index contributed by atoms with van der Waals surface area (Å²) in [6, 6.07) is 7.19. The third-order valence-electron chi connectivity index (χ3n) is 5.37. The summed E-state index contributed by atoms with van der Waals surface area (Å²) < 4.78 is 27.2. The summed E-state index contributed by atoms with van der Waals surface area (Å²) in [5.74, 6) is -0.216. The normalized spacial score (nSPS) is 23.3. The molecule has 0 bridgehead atoms. The first-order valence-electron chi connectivity index (χ1n) is 9.34. The predicted octanol–water partition coefficient (Wildman–Crippen LogP) is 2.84. The maximum atomic E-state index is 12.9. The van der Waals surface area contributed by atoms with E-state index >= 15 is 0 Å². The molecule has 6 heteroatoms. The summed E-state index contributed by atoms with van der Waals surface area (Å²) in [6.45, 7) is 2.71.